The SMILES string of the molecule is COc1ccc(NC(=O)c2ccc(CN)o2)c([N+](=O)[O-])c1. The van der Waals surface area contributed by atoms with E-state index in [1.165, 1.54) is 31.4 Å². The number of nitrogens with one attached hydrogen (secondary N) is 1. The molecule has 0 aliphatic rings. The number of nitrogens with zero attached hydrogens (tertiary/aromatic N) is 1. The summed E-state index contributed by atoms with van der Waals surface area (Å²) in [7, 11) is 1.40. The predicted octanol–water partition coefficient (Wildman–Crippen LogP) is 1.91. The molecule has 8 heteroatoms. The summed E-state index contributed by atoms with van der Waals surface area (Å²) in [5.41, 5.74) is 5.17. The Hall–Kier alpha value is -2.87. The van der Waals surface area contributed by atoms with Crippen LogP contribution in [-0.4, -0.2) is 17.9 Å². The van der Waals surface area contributed by atoms with Crippen molar-refractivity contribution in [3.05, 3.63) is 52.0 Å². The summed E-state index contributed by atoms with van der Waals surface area (Å²) in [6.07, 6.45) is 0. The molecular formula is C13H13N3O5. The van der Waals surface area contributed by atoms with Gasteiger partial charge < -0.3 is 20.2 Å². The Labute approximate surface area is 119 Å². The Kier molecular flexibility index (Phi) is 4.19. The van der Waals surface area contributed by atoms with Crippen molar-refractivity contribution in [3.63, 3.8) is 0 Å². The minimum Gasteiger partial charge on any atom is -0.496 e. The van der Waals surface area contributed by atoms with E-state index in [0.717, 1.165) is 0 Å². The molecule has 0 aliphatic heterocycles. The van der Waals surface area contributed by atoms with Crippen molar-refractivity contribution in [2.75, 3.05) is 12.4 Å². The third kappa shape index (κ3) is 3.18. The molecule has 0 saturated carbocycles. The molecule has 3 N–H and O–H groups in total. The van der Waals surface area contributed by atoms with E-state index in [0.29, 0.717) is 11.5 Å². The van der Waals surface area contributed by atoms with Crippen LogP contribution in [0.15, 0.2) is 34.7 Å². The van der Waals surface area contributed by atoms with Gasteiger partial charge in [0.05, 0.1) is 24.6 Å². The van der Waals surface area contributed by atoms with Crippen molar-refractivity contribution in [2.45, 2.75) is 6.54 Å². The molecule has 1 heterocycles. The second-order valence-electron chi connectivity index (χ2n) is 4.06. The molecule has 0 atom stereocenters. The maximum absolute atomic E-state index is 12.0. The fourth-order valence-corrected chi connectivity index (χ4v) is 1.69. The lowest BCUT2D eigenvalue weighted by Crippen LogP contribution is -2.12. The second kappa shape index (κ2) is 6.06. The molecule has 0 unspecified atom stereocenters. The van der Waals surface area contributed by atoms with Crippen molar-refractivity contribution < 1.29 is 18.9 Å². The number of carbonyl (C=O) groups is 1. The highest BCUT2D eigenvalue weighted by atomic mass is 16.6. The summed E-state index contributed by atoms with van der Waals surface area (Å²) in [5, 5.41) is 13.4. The number of ether oxygens (including phenoxy) is 1. The van der Waals surface area contributed by atoms with Crippen molar-refractivity contribution in [1.82, 2.24) is 0 Å². The van der Waals surface area contributed by atoms with Gasteiger partial charge in [-0.25, -0.2) is 0 Å². The molecule has 21 heavy (non-hydrogen) atoms. The summed E-state index contributed by atoms with van der Waals surface area (Å²) < 4.78 is 10.1. The maximum atomic E-state index is 12.0. The summed E-state index contributed by atoms with van der Waals surface area (Å²) in [6.45, 7) is 0.163. The first-order valence-corrected chi connectivity index (χ1v) is 5.97. The highest BCUT2D eigenvalue weighted by Gasteiger charge is 2.19. The topological polar surface area (TPSA) is 121 Å². The Morgan fingerprint density at radius 2 is 2.19 bits per heavy atom. The average Bonchev–Trinajstić information content (AvgIpc) is 2.96. The molecule has 110 valence electrons. The van der Waals surface area contributed by atoms with Crippen LogP contribution in [0.5, 0.6) is 5.75 Å². The highest BCUT2D eigenvalue weighted by molar-refractivity contribution is 6.03. The molecular weight excluding hydrogens is 278 g/mol. The molecule has 1 amide bonds. The lowest BCUT2D eigenvalue weighted by molar-refractivity contribution is -0.384. The zero-order chi connectivity index (χ0) is 15.4. The van der Waals surface area contributed by atoms with E-state index in [4.69, 9.17) is 14.9 Å². The first-order chi connectivity index (χ1) is 10.0. The molecule has 2 aromatic rings. The number of carbonyl (C=O) groups excluding carboxylic acids is 1. The first kappa shape index (κ1) is 14.5. The smallest absolute Gasteiger partial charge is 0.296 e. The van der Waals surface area contributed by atoms with E-state index in [1.54, 1.807) is 6.07 Å². The second-order valence-corrected chi connectivity index (χ2v) is 4.06. The van der Waals surface area contributed by atoms with E-state index in [2.05, 4.69) is 5.32 Å². The first-order valence-electron chi connectivity index (χ1n) is 5.97. The van der Waals surface area contributed by atoms with E-state index in [-0.39, 0.29) is 23.7 Å². The molecule has 0 bridgehead atoms. The Morgan fingerprint density at radius 1 is 1.43 bits per heavy atom. The third-order valence-electron chi connectivity index (χ3n) is 2.74. The molecule has 1 aromatic carbocycles. The van der Waals surface area contributed by atoms with Crippen LogP contribution in [0, 0.1) is 10.1 Å². The number of methoxy groups -OCH3 is 1. The molecule has 0 saturated heterocycles. The Morgan fingerprint density at radius 3 is 2.76 bits per heavy atom. The number of furan rings is 1. The standard InChI is InChI=1S/C13H13N3O5/c1-20-8-2-4-10(11(6-8)16(18)19)15-13(17)12-5-3-9(7-14)21-12/h2-6H,7,14H2,1H3,(H,15,17). The van der Waals surface area contributed by atoms with Crippen LogP contribution in [0.25, 0.3) is 0 Å². The van der Waals surface area contributed by atoms with Gasteiger partial charge in [0.2, 0.25) is 0 Å². The average molecular weight is 291 g/mol. The van der Waals surface area contributed by atoms with Crippen LogP contribution in [0.3, 0.4) is 0 Å². The summed E-state index contributed by atoms with van der Waals surface area (Å²) in [4.78, 5) is 22.4. The van der Waals surface area contributed by atoms with Gasteiger partial charge in [-0.2, -0.15) is 0 Å². The number of nitrogens with two attached hydrogens (primary N) is 1. The van der Waals surface area contributed by atoms with Crippen molar-refractivity contribution in [3.8, 4) is 5.75 Å². The van der Waals surface area contributed by atoms with Gasteiger partial charge in [-0.05, 0) is 24.3 Å². The summed E-state index contributed by atoms with van der Waals surface area (Å²) in [6, 6.07) is 7.14. The third-order valence-corrected chi connectivity index (χ3v) is 2.74. The number of rotatable bonds is 5. The number of benzene rings is 1. The summed E-state index contributed by atoms with van der Waals surface area (Å²) in [5.74, 6) is 0.205. The van der Waals surface area contributed by atoms with Crippen molar-refractivity contribution in [2.24, 2.45) is 5.73 Å². The van der Waals surface area contributed by atoms with Gasteiger partial charge in [0.25, 0.3) is 11.6 Å². The van der Waals surface area contributed by atoms with E-state index < -0.39 is 10.8 Å². The Bertz CT molecular complexity index is 680. The molecule has 8 nitrogen and oxygen atoms in total. The Balaban J connectivity index is 2.26. The minimum absolute atomic E-state index is 0.0283. The number of hydrogen-bond donors (Lipinski definition) is 2. The van der Waals surface area contributed by atoms with E-state index in [9.17, 15) is 14.9 Å². The van der Waals surface area contributed by atoms with Gasteiger partial charge in [-0.15, -0.1) is 0 Å². The van der Waals surface area contributed by atoms with Crippen LogP contribution in [-0.2, 0) is 6.54 Å². The fourth-order valence-electron chi connectivity index (χ4n) is 1.69. The van der Waals surface area contributed by atoms with Crippen LogP contribution in [0.2, 0.25) is 0 Å². The quantitative estimate of drug-likeness (QED) is 0.641. The minimum atomic E-state index is -0.606. The lowest BCUT2D eigenvalue weighted by atomic mass is 10.2. The van der Waals surface area contributed by atoms with Crippen LogP contribution < -0.4 is 15.8 Å². The van der Waals surface area contributed by atoms with Gasteiger partial charge in [0.1, 0.15) is 17.2 Å². The zero-order valence-corrected chi connectivity index (χ0v) is 11.2. The number of hydrogen-bond acceptors (Lipinski definition) is 6. The van der Waals surface area contributed by atoms with Gasteiger partial charge in [-0.3, -0.25) is 14.9 Å². The van der Waals surface area contributed by atoms with Gasteiger partial charge in [-0.1, -0.05) is 0 Å². The molecule has 0 radical (unpaired) electrons. The van der Waals surface area contributed by atoms with E-state index >= 15 is 0 Å². The highest BCUT2D eigenvalue weighted by Crippen LogP contribution is 2.29. The number of amides is 1. The molecule has 1 aromatic heterocycles. The monoisotopic (exact) mass is 291 g/mol. The van der Waals surface area contributed by atoms with E-state index in [1.807, 2.05) is 0 Å². The van der Waals surface area contributed by atoms with Gasteiger partial charge in [0, 0.05) is 0 Å². The fraction of sp³-hybridized carbons (Fsp3) is 0.154. The van der Waals surface area contributed by atoms with Crippen LogP contribution in [0.1, 0.15) is 16.3 Å². The van der Waals surface area contributed by atoms with Crippen LogP contribution in [0.4, 0.5) is 11.4 Å². The maximum Gasteiger partial charge on any atom is 0.296 e. The number of anilines is 1. The molecule has 0 fully saturated rings. The molecule has 0 aliphatic carbocycles. The number of nitro benzene ring substituents is 1. The summed E-state index contributed by atoms with van der Waals surface area (Å²) >= 11 is 0. The predicted molar refractivity (Wildman–Crippen MR) is 74.2 cm³/mol. The van der Waals surface area contributed by atoms with Crippen molar-refractivity contribution in [1.29, 1.82) is 0 Å². The van der Waals surface area contributed by atoms with Crippen LogP contribution >= 0.6 is 0 Å². The lowest BCUT2D eigenvalue weighted by Gasteiger charge is -2.06. The largest absolute Gasteiger partial charge is 0.496 e. The van der Waals surface area contributed by atoms with Gasteiger partial charge in [0.15, 0.2) is 5.76 Å². The normalized spacial score (nSPS) is 10.2. The zero-order valence-electron chi connectivity index (χ0n) is 11.2. The molecule has 2 rings (SSSR count). The van der Waals surface area contributed by atoms with Gasteiger partial charge >= 0.3 is 0 Å². The molecule has 0 spiro atoms. The number of nitro groups is 1. The van der Waals surface area contributed by atoms with Crippen molar-refractivity contribution >= 4 is 17.3 Å².